The molecule has 1 rings (SSSR count). The Kier molecular flexibility index (Phi) is 3.50. The van der Waals surface area contributed by atoms with E-state index in [2.05, 4.69) is 15.6 Å². The minimum Gasteiger partial charge on any atom is -0.449 e. The molecule has 0 aliphatic carbocycles. The van der Waals surface area contributed by atoms with E-state index in [9.17, 15) is 4.79 Å². The summed E-state index contributed by atoms with van der Waals surface area (Å²) in [7, 11) is 0. The Hall–Kier alpha value is -1.52. The number of nitrogens with zero attached hydrogens (tertiary/aromatic N) is 1. The number of carbonyl (C=O) groups is 1. The van der Waals surface area contributed by atoms with E-state index in [4.69, 9.17) is 4.42 Å². The highest BCUT2D eigenvalue weighted by atomic mass is 16.3. The van der Waals surface area contributed by atoms with Gasteiger partial charge in [0.25, 0.3) is 0 Å². The molecule has 0 saturated heterocycles. The van der Waals surface area contributed by atoms with E-state index in [1.54, 1.807) is 6.92 Å². The number of hydrogen-bond donors (Lipinski definition) is 2. The Morgan fingerprint density at radius 1 is 1.64 bits per heavy atom. The van der Waals surface area contributed by atoms with Crippen LogP contribution < -0.4 is 10.6 Å². The van der Waals surface area contributed by atoms with Crippen LogP contribution in [0.2, 0.25) is 0 Å². The van der Waals surface area contributed by atoms with Crippen molar-refractivity contribution < 1.29 is 9.21 Å². The summed E-state index contributed by atoms with van der Waals surface area (Å²) in [6.07, 6.45) is 1.53. The van der Waals surface area contributed by atoms with Gasteiger partial charge in [0, 0.05) is 13.0 Å². The van der Waals surface area contributed by atoms with E-state index < -0.39 is 0 Å². The molecule has 5 nitrogen and oxygen atoms in total. The highest BCUT2D eigenvalue weighted by molar-refractivity contribution is 5.73. The first-order valence-electron chi connectivity index (χ1n) is 4.53. The fraction of sp³-hybridized carbons (Fsp3) is 0.556. The number of carbonyl (C=O) groups excluding carboxylic acids is 1. The zero-order chi connectivity index (χ0) is 10.6. The number of oxazole rings is 1. The van der Waals surface area contributed by atoms with Crippen molar-refractivity contribution in [3.63, 3.8) is 0 Å². The summed E-state index contributed by atoms with van der Waals surface area (Å²) < 4.78 is 5.00. The van der Waals surface area contributed by atoms with Crippen molar-refractivity contribution in [2.45, 2.75) is 33.4 Å². The summed E-state index contributed by atoms with van der Waals surface area (Å²) in [6.45, 7) is 5.95. The van der Waals surface area contributed by atoms with Crippen molar-refractivity contribution in [3.8, 4) is 0 Å². The summed E-state index contributed by atoms with van der Waals surface area (Å²) in [5.74, 6) is 0.603. The van der Waals surface area contributed by atoms with E-state index in [-0.39, 0.29) is 12.1 Å². The van der Waals surface area contributed by atoms with Crippen molar-refractivity contribution in [1.82, 2.24) is 15.6 Å². The molecule has 0 spiro atoms. The molecule has 1 aromatic heterocycles. The molecule has 0 aliphatic rings. The SMILES string of the molecule is Cc1nc(CNC(=O)NC(C)C)co1. The van der Waals surface area contributed by atoms with Crippen LogP contribution in [0.25, 0.3) is 0 Å². The molecule has 5 heteroatoms. The maximum absolute atomic E-state index is 11.2. The number of aromatic nitrogens is 1. The molecule has 0 fully saturated rings. The molecule has 0 atom stereocenters. The van der Waals surface area contributed by atoms with Crippen molar-refractivity contribution in [2.75, 3.05) is 0 Å². The quantitative estimate of drug-likeness (QED) is 0.764. The minimum atomic E-state index is -0.194. The first kappa shape index (κ1) is 10.6. The Morgan fingerprint density at radius 2 is 2.36 bits per heavy atom. The van der Waals surface area contributed by atoms with Gasteiger partial charge in [-0.25, -0.2) is 9.78 Å². The van der Waals surface area contributed by atoms with Gasteiger partial charge in [-0.15, -0.1) is 0 Å². The molecule has 0 aliphatic heterocycles. The summed E-state index contributed by atoms with van der Waals surface area (Å²) in [5, 5.41) is 5.38. The van der Waals surface area contributed by atoms with Crippen LogP contribution in [0.1, 0.15) is 25.4 Å². The molecular weight excluding hydrogens is 182 g/mol. The average molecular weight is 197 g/mol. The summed E-state index contributed by atoms with van der Waals surface area (Å²) in [4.78, 5) is 15.2. The third kappa shape index (κ3) is 3.47. The van der Waals surface area contributed by atoms with Gasteiger partial charge in [0.15, 0.2) is 5.89 Å². The number of urea groups is 1. The lowest BCUT2D eigenvalue weighted by atomic mass is 10.4. The first-order valence-corrected chi connectivity index (χ1v) is 4.53. The zero-order valence-electron chi connectivity index (χ0n) is 8.63. The van der Waals surface area contributed by atoms with Gasteiger partial charge >= 0.3 is 6.03 Å². The average Bonchev–Trinajstić information content (AvgIpc) is 2.47. The third-order valence-electron chi connectivity index (χ3n) is 1.52. The van der Waals surface area contributed by atoms with Crippen LogP contribution in [0.3, 0.4) is 0 Å². The lowest BCUT2D eigenvalue weighted by Crippen LogP contribution is -2.39. The number of hydrogen-bond acceptors (Lipinski definition) is 3. The van der Waals surface area contributed by atoms with Gasteiger partial charge in [-0.05, 0) is 13.8 Å². The Balaban J connectivity index is 2.30. The highest BCUT2D eigenvalue weighted by Gasteiger charge is 2.04. The molecule has 0 radical (unpaired) electrons. The van der Waals surface area contributed by atoms with Gasteiger partial charge in [0.2, 0.25) is 0 Å². The van der Waals surface area contributed by atoms with Crippen molar-refractivity contribution in [1.29, 1.82) is 0 Å². The second-order valence-corrected chi connectivity index (χ2v) is 3.34. The minimum absolute atomic E-state index is 0.133. The van der Waals surface area contributed by atoms with Gasteiger partial charge in [0.05, 0.1) is 12.2 Å². The topological polar surface area (TPSA) is 67.2 Å². The number of rotatable bonds is 3. The number of aryl methyl sites for hydroxylation is 1. The molecule has 2 N–H and O–H groups in total. The summed E-state index contributed by atoms with van der Waals surface area (Å²) in [6, 6.07) is -0.0605. The molecule has 78 valence electrons. The molecule has 0 unspecified atom stereocenters. The lowest BCUT2D eigenvalue weighted by molar-refractivity contribution is 0.238. The number of amides is 2. The normalized spacial score (nSPS) is 10.3. The largest absolute Gasteiger partial charge is 0.449 e. The summed E-state index contributed by atoms with van der Waals surface area (Å²) >= 11 is 0. The molecule has 0 saturated carbocycles. The van der Waals surface area contributed by atoms with Crippen LogP contribution in [0, 0.1) is 6.92 Å². The molecular formula is C9H15N3O2. The first-order chi connectivity index (χ1) is 6.58. The second kappa shape index (κ2) is 4.64. The van der Waals surface area contributed by atoms with Gasteiger partial charge < -0.3 is 15.1 Å². The molecule has 0 aromatic carbocycles. The van der Waals surface area contributed by atoms with Crippen molar-refractivity contribution in [3.05, 3.63) is 17.8 Å². The van der Waals surface area contributed by atoms with Gasteiger partial charge in [-0.1, -0.05) is 0 Å². The Bertz CT molecular complexity index is 307. The predicted molar refractivity (Wildman–Crippen MR) is 51.7 cm³/mol. The van der Waals surface area contributed by atoms with Crippen molar-refractivity contribution >= 4 is 6.03 Å². The maximum atomic E-state index is 11.2. The van der Waals surface area contributed by atoms with Gasteiger partial charge in [-0.2, -0.15) is 0 Å². The van der Waals surface area contributed by atoms with E-state index in [1.807, 2.05) is 13.8 Å². The number of nitrogens with one attached hydrogen (secondary N) is 2. The fourth-order valence-corrected chi connectivity index (χ4v) is 0.973. The monoisotopic (exact) mass is 197 g/mol. The van der Waals surface area contributed by atoms with Crippen LogP contribution in [0.4, 0.5) is 4.79 Å². The Morgan fingerprint density at radius 3 is 2.86 bits per heavy atom. The smallest absolute Gasteiger partial charge is 0.315 e. The molecule has 0 bridgehead atoms. The molecule has 1 heterocycles. The Labute approximate surface area is 82.9 Å². The second-order valence-electron chi connectivity index (χ2n) is 3.34. The van der Waals surface area contributed by atoms with Crippen LogP contribution in [0.15, 0.2) is 10.7 Å². The van der Waals surface area contributed by atoms with E-state index >= 15 is 0 Å². The highest BCUT2D eigenvalue weighted by Crippen LogP contribution is 1.98. The standard InChI is InChI=1S/C9H15N3O2/c1-6(2)11-9(13)10-4-8-5-14-7(3)12-8/h5-6H,4H2,1-3H3,(H2,10,11,13). The molecule has 1 aromatic rings. The van der Waals surface area contributed by atoms with Crippen LogP contribution >= 0.6 is 0 Å². The van der Waals surface area contributed by atoms with Crippen LogP contribution in [-0.4, -0.2) is 17.1 Å². The molecule has 2 amide bonds. The third-order valence-corrected chi connectivity index (χ3v) is 1.52. The van der Waals surface area contributed by atoms with E-state index in [1.165, 1.54) is 6.26 Å². The van der Waals surface area contributed by atoms with Crippen LogP contribution in [0.5, 0.6) is 0 Å². The summed E-state index contributed by atoms with van der Waals surface area (Å²) in [5.41, 5.74) is 0.724. The molecule has 14 heavy (non-hydrogen) atoms. The fourth-order valence-electron chi connectivity index (χ4n) is 0.973. The van der Waals surface area contributed by atoms with E-state index in [0.717, 1.165) is 5.69 Å². The van der Waals surface area contributed by atoms with Gasteiger partial charge in [-0.3, -0.25) is 0 Å². The van der Waals surface area contributed by atoms with Crippen LogP contribution in [-0.2, 0) is 6.54 Å². The predicted octanol–water partition coefficient (Wildman–Crippen LogP) is 1.19. The zero-order valence-corrected chi connectivity index (χ0v) is 8.63. The van der Waals surface area contributed by atoms with E-state index in [0.29, 0.717) is 12.4 Å². The van der Waals surface area contributed by atoms with Crippen molar-refractivity contribution in [2.24, 2.45) is 0 Å². The maximum Gasteiger partial charge on any atom is 0.315 e. The lowest BCUT2D eigenvalue weighted by Gasteiger charge is -2.08. The van der Waals surface area contributed by atoms with Gasteiger partial charge in [0.1, 0.15) is 6.26 Å².